The number of hydrogen-bond donors (Lipinski definition) is 1. The highest BCUT2D eigenvalue weighted by atomic mass is 32.2. The van der Waals surface area contributed by atoms with Crippen LogP contribution in [-0.2, 0) is 24.4 Å². The van der Waals surface area contributed by atoms with Gasteiger partial charge in [-0.15, -0.1) is 0 Å². The summed E-state index contributed by atoms with van der Waals surface area (Å²) in [6.45, 7) is 19.9. The average Bonchev–Trinajstić information content (AvgIpc) is 3.11. The highest BCUT2D eigenvalue weighted by Gasteiger charge is 2.29. The fourth-order valence-electron chi connectivity index (χ4n) is 7.59. The van der Waals surface area contributed by atoms with E-state index in [0.717, 1.165) is 65.1 Å². The fraction of sp³-hybridized carbons (Fsp3) is 0.444. The van der Waals surface area contributed by atoms with Crippen molar-refractivity contribution in [3.8, 4) is 11.5 Å². The number of nitrogens with one attached hydrogen (secondary N) is 1. The van der Waals surface area contributed by atoms with E-state index < -0.39 is 25.3 Å². The molecule has 2 aliphatic heterocycles. The molecule has 4 aromatic carbocycles. The summed E-state index contributed by atoms with van der Waals surface area (Å²) < 4.78 is 69.9. The van der Waals surface area contributed by atoms with Crippen molar-refractivity contribution in [1.82, 2.24) is 10.2 Å². The Labute approximate surface area is 339 Å². The van der Waals surface area contributed by atoms with Gasteiger partial charge in [0, 0.05) is 25.9 Å². The van der Waals surface area contributed by atoms with E-state index in [1.54, 1.807) is 53.4 Å². The maximum atomic E-state index is 13.2. The van der Waals surface area contributed by atoms with Crippen molar-refractivity contribution < 1.29 is 35.8 Å². The maximum absolute atomic E-state index is 13.2. The van der Waals surface area contributed by atoms with Gasteiger partial charge in [-0.25, -0.2) is 21.6 Å². The highest BCUT2D eigenvalue weighted by Crippen LogP contribution is 2.31. The van der Waals surface area contributed by atoms with Crippen LogP contribution in [0.3, 0.4) is 0 Å². The van der Waals surface area contributed by atoms with E-state index in [2.05, 4.69) is 5.32 Å². The van der Waals surface area contributed by atoms with Gasteiger partial charge in [0.2, 0.25) is 19.7 Å². The number of aryl methyl sites for hydroxylation is 6. The number of benzene rings is 4. The molecule has 57 heavy (non-hydrogen) atoms. The molecule has 2 aliphatic rings. The number of nitrogens with zero attached hydrogens (tertiary/aromatic N) is 1. The predicted molar refractivity (Wildman–Crippen MR) is 223 cm³/mol. The van der Waals surface area contributed by atoms with Crippen LogP contribution in [0, 0.1) is 41.5 Å². The molecule has 2 saturated heterocycles. The minimum Gasteiger partial charge on any atom is -0.490 e. The summed E-state index contributed by atoms with van der Waals surface area (Å²) in [5.74, 6) is 1.35. The van der Waals surface area contributed by atoms with Gasteiger partial charge in [0.15, 0.2) is 0 Å². The molecular weight excluding hydrogens is 761 g/mol. The van der Waals surface area contributed by atoms with E-state index >= 15 is 0 Å². The second-order valence-electron chi connectivity index (χ2n) is 16.3. The first-order valence-electron chi connectivity index (χ1n) is 19.6. The van der Waals surface area contributed by atoms with Crippen LogP contribution in [0.5, 0.6) is 11.5 Å². The fourth-order valence-corrected chi connectivity index (χ4v) is 11.0. The minimum absolute atomic E-state index is 0.0299. The summed E-state index contributed by atoms with van der Waals surface area (Å²) in [6, 6.07) is 21.0. The monoisotopic (exact) mass is 818 g/mol. The molecule has 0 atom stereocenters. The van der Waals surface area contributed by atoms with Gasteiger partial charge in [0.1, 0.15) is 29.3 Å². The first kappa shape index (κ1) is 43.7. The lowest BCUT2D eigenvalue weighted by Crippen LogP contribution is -2.44. The molecule has 0 bridgehead atoms. The van der Waals surface area contributed by atoms with Crippen LogP contribution in [0.2, 0.25) is 0 Å². The first-order chi connectivity index (χ1) is 26.7. The quantitative estimate of drug-likeness (QED) is 0.186. The van der Waals surface area contributed by atoms with Crippen molar-refractivity contribution in [3.05, 3.63) is 106 Å². The van der Waals surface area contributed by atoms with E-state index in [9.17, 15) is 21.6 Å². The number of amides is 1. The zero-order chi connectivity index (χ0) is 41.7. The summed E-state index contributed by atoms with van der Waals surface area (Å²) in [4.78, 5) is 15.2. The molecule has 0 aromatic heterocycles. The molecule has 12 heteroatoms. The van der Waals surface area contributed by atoms with E-state index in [1.807, 2.05) is 86.6 Å². The Morgan fingerprint density at radius 1 is 0.596 bits per heavy atom. The standard InChI is InChI=1S/C25H33NO5S.C20H25NO3S/c1-17-15-18(2)23(19(3)16-17)32(28,29)22-9-7-20(8-10-22)30-21-11-13-26(14-12-21)24(27)31-25(4,5)6;1-14-12-15(2)20(16(3)13-14)25(22,23)19-6-4-17(5-7-19)24-18-8-10-21-11-9-18/h7-10,15-16,21H,11-14H2,1-6H3;4-7,12-13,18,21H,8-11H2,1-3H3. The zero-order valence-corrected chi connectivity index (χ0v) is 36.4. The highest BCUT2D eigenvalue weighted by molar-refractivity contribution is 7.92. The normalized spacial score (nSPS) is 15.7. The second-order valence-corrected chi connectivity index (χ2v) is 20.0. The lowest BCUT2D eigenvalue weighted by Gasteiger charge is -2.33. The van der Waals surface area contributed by atoms with Crippen LogP contribution >= 0.6 is 0 Å². The molecule has 2 fully saturated rings. The average molecular weight is 819 g/mol. The summed E-state index contributed by atoms with van der Waals surface area (Å²) >= 11 is 0. The van der Waals surface area contributed by atoms with Crippen molar-refractivity contribution in [2.75, 3.05) is 26.2 Å². The lowest BCUT2D eigenvalue weighted by atomic mass is 10.1. The number of sulfone groups is 2. The minimum atomic E-state index is -3.61. The van der Waals surface area contributed by atoms with Crippen molar-refractivity contribution in [2.45, 2.75) is 125 Å². The maximum Gasteiger partial charge on any atom is 0.410 e. The zero-order valence-electron chi connectivity index (χ0n) is 34.8. The van der Waals surface area contributed by atoms with E-state index in [-0.39, 0.29) is 23.2 Å². The topological polar surface area (TPSA) is 128 Å². The van der Waals surface area contributed by atoms with Crippen LogP contribution in [-0.4, -0.2) is 71.8 Å². The Kier molecular flexibility index (Phi) is 13.8. The van der Waals surface area contributed by atoms with E-state index in [0.29, 0.717) is 46.4 Å². The van der Waals surface area contributed by atoms with Gasteiger partial charge in [-0.3, -0.25) is 0 Å². The van der Waals surface area contributed by atoms with Crippen molar-refractivity contribution in [2.24, 2.45) is 0 Å². The lowest BCUT2D eigenvalue weighted by molar-refractivity contribution is 0.0126. The molecule has 10 nitrogen and oxygen atoms in total. The Bertz CT molecular complexity index is 2200. The second kappa shape index (κ2) is 18.0. The van der Waals surface area contributed by atoms with Crippen LogP contribution in [0.25, 0.3) is 0 Å². The molecule has 0 radical (unpaired) electrons. The number of likely N-dealkylation sites (tertiary alicyclic amines) is 1. The number of carbonyl (C=O) groups is 1. The SMILES string of the molecule is Cc1cc(C)c(S(=O)(=O)c2ccc(OC3CCN(C(=O)OC(C)(C)C)CC3)cc2)c(C)c1.Cc1cc(C)c(S(=O)(=O)c2ccc(OC3CCNCC3)cc2)c(C)c1. The van der Waals surface area contributed by atoms with Crippen molar-refractivity contribution in [3.63, 3.8) is 0 Å². The Morgan fingerprint density at radius 2 is 0.947 bits per heavy atom. The molecule has 0 unspecified atom stereocenters. The van der Waals surface area contributed by atoms with Crippen molar-refractivity contribution >= 4 is 25.8 Å². The number of piperidine rings is 2. The Morgan fingerprint density at radius 3 is 1.30 bits per heavy atom. The van der Waals surface area contributed by atoms with Crippen LogP contribution in [0.1, 0.15) is 79.8 Å². The molecule has 1 N–H and O–H groups in total. The van der Waals surface area contributed by atoms with Gasteiger partial charge in [-0.2, -0.15) is 0 Å². The molecule has 0 aliphatic carbocycles. The van der Waals surface area contributed by atoms with E-state index in [4.69, 9.17) is 14.2 Å². The van der Waals surface area contributed by atoms with Gasteiger partial charge in [0.05, 0.1) is 19.6 Å². The van der Waals surface area contributed by atoms with Crippen LogP contribution in [0.4, 0.5) is 4.79 Å². The predicted octanol–water partition coefficient (Wildman–Crippen LogP) is 8.80. The first-order valence-corrected chi connectivity index (χ1v) is 22.6. The van der Waals surface area contributed by atoms with E-state index in [1.165, 1.54) is 0 Å². The van der Waals surface area contributed by atoms with Gasteiger partial charge in [-0.1, -0.05) is 35.4 Å². The van der Waals surface area contributed by atoms with Gasteiger partial charge >= 0.3 is 6.09 Å². The molecule has 308 valence electrons. The Balaban J connectivity index is 0.000000224. The molecule has 0 spiro atoms. The number of ether oxygens (including phenoxy) is 3. The molecule has 6 rings (SSSR count). The summed E-state index contributed by atoms with van der Waals surface area (Å²) in [5, 5.41) is 3.30. The van der Waals surface area contributed by atoms with Crippen molar-refractivity contribution in [1.29, 1.82) is 0 Å². The number of hydrogen-bond acceptors (Lipinski definition) is 9. The number of rotatable bonds is 8. The third-order valence-corrected chi connectivity index (χ3v) is 14.1. The smallest absolute Gasteiger partial charge is 0.410 e. The van der Waals surface area contributed by atoms with Gasteiger partial charge in [-0.05, 0) is 159 Å². The molecule has 4 aromatic rings. The largest absolute Gasteiger partial charge is 0.490 e. The van der Waals surface area contributed by atoms with Crippen LogP contribution < -0.4 is 14.8 Å². The third kappa shape index (κ3) is 11.2. The molecule has 1 amide bonds. The summed E-state index contributed by atoms with van der Waals surface area (Å²) in [5.41, 5.74) is 4.67. The number of carbonyl (C=O) groups excluding carboxylic acids is 1. The molecule has 0 saturated carbocycles. The molecular formula is C45H58N2O8S2. The Hall–Kier alpha value is -4.39. The van der Waals surface area contributed by atoms with Gasteiger partial charge in [0.25, 0.3) is 0 Å². The van der Waals surface area contributed by atoms with Gasteiger partial charge < -0.3 is 24.4 Å². The molecule has 2 heterocycles. The summed E-state index contributed by atoms with van der Waals surface area (Å²) in [6.07, 6.45) is 3.21. The summed E-state index contributed by atoms with van der Waals surface area (Å²) in [7, 11) is -7.14. The van der Waals surface area contributed by atoms with Crippen LogP contribution in [0.15, 0.2) is 92.4 Å². The third-order valence-electron chi connectivity index (χ3n) is 10.0.